The summed E-state index contributed by atoms with van der Waals surface area (Å²) >= 11 is 0. The highest BCUT2D eigenvalue weighted by molar-refractivity contribution is 5.84. The topological polar surface area (TPSA) is 66.6 Å². The second-order valence-electron chi connectivity index (χ2n) is 4.20. The first-order chi connectivity index (χ1) is 8.13. The number of primary amides is 1. The van der Waals surface area contributed by atoms with E-state index in [0.29, 0.717) is 24.2 Å². The molecular formula is C12H15FN2O2. The standard InChI is InChI=1S/C12H15FN2O2/c13-9-6-8(7-16)3-4-10(9)15-5-1-2-11(15)12(14)17/h3-4,6,11,16H,1-2,5,7H2,(H2,14,17). The maximum absolute atomic E-state index is 13.8. The Bertz CT molecular complexity index is 437. The molecule has 1 aliphatic heterocycles. The van der Waals surface area contributed by atoms with E-state index >= 15 is 0 Å². The van der Waals surface area contributed by atoms with Crippen molar-refractivity contribution in [3.8, 4) is 0 Å². The zero-order valence-electron chi connectivity index (χ0n) is 9.40. The van der Waals surface area contributed by atoms with Crippen molar-refractivity contribution < 1.29 is 14.3 Å². The molecule has 1 aromatic carbocycles. The molecule has 3 N–H and O–H groups in total. The fraction of sp³-hybridized carbons (Fsp3) is 0.417. The Hall–Kier alpha value is -1.62. The highest BCUT2D eigenvalue weighted by atomic mass is 19.1. The van der Waals surface area contributed by atoms with Crippen LogP contribution >= 0.6 is 0 Å². The summed E-state index contributed by atoms with van der Waals surface area (Å²) in [4.78, 5) is 12.9. The van der Waals surface area contributed by atoms with Gasteiger partial charge in [0.25, 0.3) is 0 Å². The zero-order valence-corrected chi connectivity index (χ0v) is 9.40. The van der Waals surface area contributed by atoms with E-state index in [1.54, 1.807) is 17.0 Å². The number of aliphatic hydroxyl groups excluding tert-OH is 1. The van der Waals surface area contributed by atoms with Gasteiger partial charge in [-0.2, -0.15) is 0 Å². The molecular weight excluding hydrogens is 223 g/mol. The van der Waals surface area contributed by atoms with E-state index in [0.717, 1.165) is 6.42 Å². The number of hydrogen-bond donors (Lipinski definition) is 2. The summed E-state index contributed by atoms with van der Waals surface area (Å²) in [5.74, 6) is -0.849. The van der Waals surface area contributed by atoms with E-state index in [1.165, 1.54) is 6.07 Å². The van der Waals surface area contributed by atoms with Crippen LogP contribution in [-0.4, -0.2) is 23.6 Å². The van der Waals surface area contributed by atoms with Crippen LogP contribution in [0.25, 0.3) is 0 Å². The molecule has 1 heterocycles. The normalized spacial score (nSPS) is 19.6. The number of carbonyl (C=O) groups is 1. The van der Waals surface area contributed by atoms with Gasteiger partial charge < -0.3 is 15.7 Å². The molecule has 0 bridgehead atoms. The van der Waals surface area contributed by atoms with Gasteiger partial charge in [0.2, 0.25) is 5.91 Å². The Kier molecular flexibility index (Phi) is 3.28. The van der Waals surface area contributed by atoms with Gasteiger partial charge in [0, 0.05) is 6.54 Å². The van der Waals surface area contributed by atoms with Crippen molar-refractivity contribution in [2.24, 2.45) is 5.73 Å². The Morgan fingerprint density at radius 1 is 1.59 bits per heavy atom. The SMILES string of the molecule is NC(=O)C1CCCN1c1ccc(CO)cc1F. The Labute approximate surface area is 98.8 Å². The second kappa shape index (κ2) is 4.71. The number of amides is 1. The molecule has 1 atom stereocenters. The molecule has 0 saturated carbocycles. The zero-order chi connectivity index (χ0) is 12.4. The van der Waals surface area contributed by atoms with Crippen LogP contribution in [0.3, 0.4) is 0 Å². The van der Waals surface area contributed by atoms with Crippen LogP contribution in [0.5, 0.6) is 0 Å². The van der Waals surface area contributed by atoms with Gasteiger partial charge in [0.15, 0.2) is 0 Å². The highest BCUT2D eigenvalue weighted by Gasteiger charge is 2.30. The minimum absolute atomic E-state index is 0.198. The first kappa shape index (κ1) is 11.9. The molecule has 0 spiro atoms. The predicted molar refractivity (Wildman–Crippen MR) is 61.9 cm³/mol. The Morgan fingerprint density at radius 2 is 2.35 bits per heavy atom. The van der Waals surface area contributed by atoms with Crippen molar-refractivity contribution in [3.05, 3.63) is 29.6 Å². The minimum Gasteiger partial charge on any atom is -0.392 e. The Morgan fingerprint density at radius 3 is 2.94 bits per heavy atom. The lowest BCUT2D eigenvalue weighted by molar-refractivity contribution is -0.119. The number of benzene rings is 1. The molecule has 92 valence electrons. The molecule has 0 aliphatic carbocycles. The monoisotopic (exact) mass is 238 g/mol. The van der Waals surface area contributed by atoms with E-state index in [-0.39, 0.29) is 6.61 Å². The number of nitrogens with zero attached hydrogens (tertiary/aromatic N) is 1. The van der Waals surface area contributed by atoms with Gasteiger partial charge >= 0.3 is 0 Å². The van der Waals surface area contributed by atoms with Gasteiger partial charge in [0.05, 0.1) is 12.3 Å². The van der Waals surface area contributed by atoms with E-state index < -0.39 is 17.8 Å². The lowest BCUT2D eigenvalue weighted by atomic mass is 10.1. The summed E-state index contributed by atoms with van der Waals surface area (Å²) < 4.78 is 13.8. The molecule has 5 heteroatoms. The van der Waals surface area contributed by atoms with Gasteiger partial charge in [-0.3, -0.25) is 4.79 Å². The number of hydrogen-bond acceptors (Lipinski definition) is 3. The van der Waals surface area contributed by atoms with Crippen LogP contribution in [0.15, 0.2) is 18.2 Å². The van der Waals surface area contributed by atoms with Crippen molar-refractivity contribution in [3.63, 3.8) is 0 Å². The molecule has 4 nitrogen and oxygen atoms in total. The van der Waals surface area contributed by atoms with Crippen molar-refractivity contribution in [2.45, 2.75) is 25.5 Å². The number of halogens is 1. The quantitative estimate of drug-likeness (QED) is 0.817. The average Bonchev–Trinajstić information content (AvgIpc) is 2.77. The van der Waals surface area contributed by atoms with Gasteiger partial charge in [-0.25, -0.2) is 4.39 Å². The van der Waals surface area contributed by atoms with Crippen LogP contribution in [0, 0.1) is 5.82 Å². The summed E-state index contributed by atoms with van der Waals surface area (Å²) in [6, 6.07) is 4.09. The molecule has 1 aromatic rings. The van der Waals surface area contributed by atoms with Crippen molar-refractivity contribution in [1.29, 1.82) is 0 Å². The molecule has 1 saturated heterocycles. The van der Waals surface area contributed by atoms with Gasteiger partial charge in [-0.1, -0.05) is 6.07 Å². The molecule has 17 heavy (non-hydrogen) atoms. The summed E-state index contributed by atoms with van der Waals surface area (Å²) in [5, 5.41) is 8.90. The highest BCUT2D eigenvalue weighted by Crippen LogP contribution is 2.28. The fourth-order valence-electron chi connectivity index (χ4n) is 2.23. The maximum atomic E-state index is 13.8. The number of anilines is 1. The van der Waals surface area contributed by atoms with E-state index in [1.807, 2.05) is 0 Å². The molecule has 1 fully saturated rings. The average molecular weight is 238 g/mol. The van der Waals surface area contributed by atoms with Crippen LogP contribution in [0.4, 0.5) is 10.1 Å². The third-order valence-corrected chi connectivity index (χ3v) is 3.09. The molecule has 0 aromatic heterocycles. The summed E-state index contributed by atoms with van der Waals surface area (Å²) in [6.07, 6.45) is 1.49. The number of nitrogens with two attached hydrogens (primary N) is 1. The van der Waals surface area contributed by atoms with Crippen LogP contribution in [-0.2, 0) is 11.4 Å². The molecule has 1 unspecified atom stereocenters. The van der Waals surface area contributed by atoms with Crippen LogP contribution in [0.1, 0.15) is 18.4 Å². The number of aliphatic hydroxyl groups is 1. The lowest BCUT2D eigenvalue weighted by Crippen LogP contribution is -2.40. The first-order valence-corrected chi connectivity index (χ1v) is 5.58. The number of rotatable bonds is 3. The third-order valence-electron chi connectivity index (χ3n) is 3.09. The predicted octanol–water partition coefficient (Wildman–Crippen LogP) is 0.772. The van der Waals surface area contributed by atoms with Crippen molar-refractivity contribution in [1.82, 2.24) is 0 Å². The summed E-state index contributed by atoms with van der Waals surface area (Å²) in [6.45, 7) is 0.430. The molecule has 1 amide bonds. The van der Waals surface area contributed by atoms with Crippen molar-refractivity contribution >= 4 is 11.6 Å². The fourth-order valence-corrected chi connectivity index (χ4v) is 2.23. The lowest BCUT2D eigenvalue weighted by Gasteiger charge is -2.25. The van der Waals surface area contributed by atoms with E-state index in [2.05, 4.69) is 0 Å². The first-order valence-electron chi connectivity index (χ1n) is 5.58. The Balaban J connectivity index is 2.30. The summed E-state index contributed by atoms with van der Waals surface area (Å²) in [5.41, 5.74) is 6.18. The number of carbonyl (C=O) groups excluding carboxylic acids is 1. The maximum Gasteiger partial charge on any atom is 0.240 e. The van der Waals surface area contributed by atoms with Gasteiger partial charge in [0.1, 0.15) is 11.9 Å². The molecule has 0 radical (unpaired) electrons. The van der Waals surface area contributed by atoms with E-state index in [4.69, 9.17) is 10.8 Å². The van der Waals surface area contributed by atoms with Gasteiger partial charge in [-0.05, 0) is 30.5 Å². The van der Waals surface area contributed by atoms with Crippen LogP contribution in [0.2, 0.25) is 0 Å². The largest absolute Gasteiger partial charge is 0.392 e. The summed E-state index contributed by atoms with van der Waals surface area (Å²) in [7, 11) is 0. The van der Waals surface area contributed by atoms with Crippen molar-refractivity contribution in [2.75, 3.05) is 11.4 Å². The minimum atomic E-state index is -0.426. The smallest absolute Gasteiger partial charge is 0.240 e. The van der Waals surface area contributed by atoms with Crippen LogP contribution < -0.4 is 10.6 Å². The molecule has 1 aliphatic rings. The van der Waals surface area contributed by atoms with Gasteiger partial charge in [-0.15, -0.1) is 0 Å². The molecule has 2 rings (SSSR count). The second-order valence-corrected chi connectivity index (χ2v) is 4.20. The third kappa shape index (κ3) is 2.24. The van der Waals surface area contributed by atoms with E-state index in [9.17, 15) is 9.18 Å².